The lowest BCUT2D eigenvalue weighted by atomic mass is 10.2. The minimum absolute atomic E-state index is 0.234. The number of hydrogen-bond acceptors (Lipinski definition) is 1. The van der Waals surface area contributed by atoms with Crippen molar-refractivity contribution in [1.82, 2.24) is 0 Å². The quantitative estimate of drug-likeness (QED) is 0.791. The molecule has 0 radical (unpaired) electrons. The van der Waals surface area contributed by atoms with Crippen LogP contribution in [-0.2, 0) is 0 Å². The summed E-state index contributed by atoms with van der Waals surface area (Å²) in [5, 5.41) is 0.441. The number of pyridine rings is 1. The van der Waals surface area contributed by atoms with Gasteiger partial charge in [0.1, 0.15) is 0 Å². The highest BCUT2D eigenvalue weighted by Crippen LogP contribution is 2.14. The first-order valence-electron chi connectivity index (χ1n) is 4.79. The highest BCUT2D eigenvalue weighted by atomic mass is 35.5. The van der Waals surface area contributed by atoms with Crippen LogP contribution in [0.15, 0.2) is 54.9 Å². The van der Waals surface area contributed by atoms with Crippen LogP contribution in [0.4, 0.5) is 0 Å². The monoisotopic (exact) mass is 233 g/mol. The summed E-state index contributed by atoms with van der Waals surface area (Å²) in [5.41, 5.74) is 3.15. The molecule has 0 saturated carbocycles. The Morgan fingerprint density at radius 1 is 1.06 bits per heavy atom. The van der Waals surface area contributed by atoms with E-state index >= 15 is 0 Å². The fraction of sp³-hybridized carbons (Fsp3) is 0. The molecule has 0 bridgehead atoms. The summed E-state index contributed by atoms with van der Waals surface area (Å²) in [6, 6.07) is 12.5. The van der Waals surface area contributed by atoms with E-state index in [-0.39, 0.29) is 5.91 Å². The van der Waals surface area contributed by atoms with E-state index in [9.17, 15) is 4.79 Å². The molecule has 4 heteroatoms. The number of benzene rings is 1. The molecule has 1 aromatic heterocycles. The van der Waals surface area contributed by atoms with Crippen molar-refractivity contribution in [1.29, 1.82) is 0 Å². The number of amides is 1. The molecule has 1 aromatic carbocycles. The molecule has 0 aliphatic heterocycles. The van der Waals surface area contributed by atoms with Gasteiger partial charge in [0.05, 0.1) is 10.6 Å². The van der Waals surface area contributed by atoms with Crippen LogP contribution in [0.1, 0.15) is 10.4 Å². The third-order valence-electron chi connectivity index (χ3n) is 2.06. The van der Waals surface area contributed by atoms with Crippen LogP contribution in [0.3, 0.4) is 0 Å². The van der Waals surface area contributed by atoms with Gasteiger partial charge in [-0.1, -0.05) is 34.5 Å². The lowest BCUT2D eigenvalue weighted by molar-refractivity contribution is -0.641. The number of nitrogens with one attached hydrogen (secondary N) is 1. The molecule has 0 unspecified atom stereocenters. The van der Waals surface area contributed by atoms with Gasteiger partial charge in [0.2, 0.25) is 0 Å². The molecule has 0 atom stereocenters. The van der Waals surface area contributed by atoms with E-state index in [0.29, 0.717) is 10.6 Å². The summed E-state index contributed by atoms with van der Waals surface area (Å²) in [6.45, 7) is 0. The normalized spacial score (nSPS) is 9.81. The maximum absolute atomic E-state index is 11.8. The van der Waals surface area contributed by atoms with Crippen molar-refractivity contribution in [2.45, 2.75) is 0 Å². The molecule has 0 aliphatic carbocycles. The van der Waals surface area contributed by atoms with Crippen LogP contribution < -0.4 is 10.1 Å². The Morgan fingerprint density at radius 2 is 1.75 bits per heavy atom. The maximum Gasteiger partial charge on any atom is 0.306 e. The van der Waals surface area contributed by atoms with Gasteiger partial charge in [0.25, 0.3) is 0 Å². The van der Waals surface area contributed by atoms with E-state index in [4.69, 9.17) is 11.6 Å². The highest BCUT2D eigenvalue weighted by molar-refractivity contribution is 6.34. The Labute approximate surface area is 98.3 Å². The van der Waals surface area contributed by atoms with Crippen LogP contribution in [0, 0.1) is 0 Å². The molecule has 80 valence electrons. The van der Waals surface area contributed by atoms with Crippen molar-refractivity contribution >= 4 is 17.5 Å². The zero-order valence-corrected chi connectivity index (χ0v) is 9.19. The second-order valence-electron chi connectivity index (χ2n) is 3.20. The predicted octanol–water partition coefficient (Wildman–Crippen LogP) is 2.01. The van der Waals surface area contributed by atoms with Gasteiger partial charge < -0.3 is 0 Å². The lowest BCUT2D eigenvalue weighted by Gasteiger charge is -2.01. The minimum Gasteiger partial charge on any atom is -0.263 e. The van der Waals surface area contributed by atoms with Gasteiger partial charge in [-0.2, -0.15) is 0 Å². The van der Waals surface area contributed by atoms with Gasteiger partial charge in [-0.3, -0.25) is 4.79 Å². The predicted molar refractivity (Wildman–Crippen MR) is 61.8 cm³/mol. The first-order chi connectivity index (χ1) is 7.77. The summed E-state index contributed by atoms with van der Waals surface area (Å²) in [4.78, 5) is 11.8. The molecule has 2 aromatic rings. The summed E-state index contributed by atoms with van der Waals surface area (Å²) in [7, 11) is 0. The SMILES string of the molecule is O=C(N[n+]1ccccc1)c1ccccc1Cl. The average Bonchev–Trinajstić information content (AvgIpc) is 2.31. The van der Waals surface area contributed by atoms with Gasteiger partial charge in [0.15, 0.2) is 12.4 Å². The number of aromatic nitrogens is 1. The molecule has 1 N–H and O–H groups in total. The fourth-order valence-electron chi connectivity index (χ4n) is 1.30. The van der Waals surface area contributed by atoms with Crippen molar-refractivity contribution in [2.75, 3.05) is 5.43 Å². The molecule has 3 nitrogen and oxygen atoms in total. The molecular weight excluding hydrogens is 224 g/mol. The van der Waals surface area contributed by atoms with Crippen molar-refractivity contribution in [3.63, 3.8) is 0 Å². The van der Waals surface area contributed by atoms with E-state index in [1.54, 1.807) is 41.3 Å². The summed E-state index contributed by atoms with van der Waals surface area (Å²) < 4.78 is 1.58. The first-order valence-corrected chi connectivity index (χ1v) is 5.17. The van der Waals surface area contributed by atoms with Gasteiger partial charge in [-0.15, -0.1) is 5.43 Å². The summed E-state index contributed by atoms with van der Waals surface area (Å²) >= 11 is 5.92. The third kappa shape index (κ3) is 2.38. The van der Waals surface area contributed by atoms with Crippen LogP contribution in [0.2, 0.25) is 5.02 Å². The lowest BCUT2D eigenvalue weighted by Crippen LogP contribution is -2.47. The van der Waals surface area contributed by atoms with Crippen LogP contribution in [-0.4, -0.2) is 5.91 Å². The van der Waals surface area contributed by atoms with Crippen molar-refractivity contribution in [3.8, 4) is 0 Å². The summed E-state index contributed by atoms with van der Waals surface area (Å²) in [5.74, 6) is -0.234. The van der Waals surface area contributed by atoms with E-state index < -0.39 is 0 Å². The number of halogens is 1. The fourth-order valence-corrected chi connectivity index (χ4v) is 1.52. The molecule has 1 heterocycles. The maximum atomic E-state index is 11.8. The van der Waals surface area contributed by atoms with E-state index in [1.165, 1.54) is 0 Å². The zero-order chi connectivity index (χ0) is 11.4. The minimum atomic E-state index is -0.234. The highest BCUT2D eigenvalue weighted by Gasteiger charge is 2.12. The molecule has 0 saturated heterocycles. The van der Waals surface area contributed by atoms with Crippen molar-refractivity contribution < 1.29 is 9.47 Å². The number of hydrogen-bond donors (Lipinski definition) is 1. The Kier molecular flexibility index (Phi) is 3.17. The number of rotatable bonds is 2. The molecule has 0 aliphatic rings. The molecule has 0 fully saturated rings. The largest absolute Gasteiger partial charge is 0.306 e. The van der Waals surface area contributed by atoms with Gasteiger partial charge in [-0.25, -0.2) is 0 Å². The second kappa shape index (κ2) is 4.77. The first kappa shape index (κ1) is 10.6. The topological polar surface area (TPSA) is 33.0 Å². The van der Waals surface area contributed by atoms with E-state index in [1.807, 2.05) is 18.2 Å². The van der Waals surface area contributed by atoms with Crippen molar-refractivity contribution in [2.24, 2.45) is 0 Å². The van der Waals surface area contributed by atoms with Gasteiger partial charge in [-0.05, 0) is 12.1 Å². The van der Waals surface area contributed by atoms with E-state index in [0.717, 1.165) is 0 Å². The van der Waals surface area contributed by atoms with Crippen LogP contribution in [0.25, 0.3) is 0 Å². The Morgan fingerprint density at radius 3 is 2.44 bits per heavy atom. The standard InChI is InChI=1S/C12H9ClN2O/c13-11-7-3-2-6-10(11)12(16)14-15-8-4-1-5-9-15/h1-9H/p+1. The second-order valence-corrected chi connectivity index (χ2v) is 3.61. The molecule has 2 rings (SSSR count). The number of carbonyl (C=O) groups is 1. The van der Waals surface area contributed by atoms with Crippen LogP contribution in [0.5, 0.6) is 0 Å². The molecule has 1 amide bonds. The van der Waals surface area contributed by atoms with Crippen molar-refractivity contribution in [3.05, 3.63) is 65.4 Å². The average molecular weight is 234 g/mol. The molecule has 16 heavy (non-hydrogen) atoms. The Hall–Kier alpha value is -1.87. The summed E-state index contributed by atoms with van der Waals surface area (Å²) in [6.07, 6.45) is 3.49. The van der Waals surface area contributed by atoms with Gasteiger partial charge >= 0.3 is 5.91 Å². The van der Waals surface area contributed by atoms with Crippen LogP contribution >= 0.6 is 11.6 Å². The number of nitrogens with zero attached hydrogens (tertiary/aromatic N) is 1. The van der Waals surface area contributed by atoms with Gasteiger partial charge in [0, 0.05) is 12.1 Å². The Balaban J connectivity index is 2.19. The number of carbonyl (C=O) groups excluding carboxylic acids is 1. The molecular formula is C12H10ClN2O+. The Bertz CT molecular complexity index is 499. The van der Waals surface area contributed by atoms with E-state index in [2.05, 4.69) is 5.43 Å². The smallest absolute Gasteiger partial charge is 0.263 e. The molecule has 0 spiro atoms. The zero-order valence-electron chi connectivity index (χ0n) is 8.43. The third-order valence-corrected chi connectivity index (χ3v) is 2.39.